The summed E-state index contributed by atoms with van der Waals surface area (Å²) < 4.78 is 10.3. The molecule has 0 fully saturated rings. The maximum atomic E-state index is 12.0. The molecule has 0 saturated carbocycles. The van der Waals surface area contributed by atoms with Gasteiger partial charge in [-0.15, -0.1) is 0 Å². The predicted octanol–water partition coefficient (Wildman–Crippen LogP) is 2.20. The van der Waals surface area contributed by atoms with E-state index in [1.165, 1.54) is 7.11 Å². The molecule has 0 saturated heterocycles. The molecule has 0 radical (unpaired) electrons. The van der Waals surface area contributed by atoms with Gasteiger partial charge < -0.3 is 14.8 Å². The molecule has 5 nitrogen and oxygen atoms in total. The molecule has 0 aromatic heterocycles. The molecule has 20 heavy (non-hydrogen) atoms. The lowest BCUT2D eigenvalue weighted by atomic mass is 9.94. The minimum absolute atomic E-state index is 0.123. The molecule has 0 aliphatic carbocycles. The Labute approximate surface area is 122 Å². The first kappa shape index (κ1) is 14.7. The number of nitrogens with one attached hydrogen (secondary N) is 1. The number of hydrogen-bond acceptors (Lipinski definition) is 4. The Morgan fingerprint density at radius 2 is 2.15 bits per heavy atom. The van der Waals surface area contributed by atoms with Crippen molar-refractivity contribution in [3.05, 3.63) is 27.8 Å². The molecule has 1 aromatic rings. The van der Waals surface area contributed by atoms with Crippen LogP contribution in [0.25, 0.3) is 0 Å². The minimum atomic E-state index is -0.499. The zero-order valence-corrected chi connectivity index (χ0v) is 12.3. The smallest absolute Gasteiger partial charge is 0.338 e. The summed E-state index contributed by atoms with van der Waals surface area (Å²) in [5.41, 5.74) is 1.25. The van der Waals surface area contributed by atoms with Gasteiger partial charge in [-0.05, 0) is 31.9 Å². The highest BCUT2D eigenvalue weighted by atomic mass is 35.5. The first-order valence-electron chi connectivity index (χ1n) is 6.34. The average molecular weight is 298 g/mol. The van der Waals surface area contributed by atoms with Crippen molar-refractivity contribution >= 4 is 23.5 Å². The van der Waals surface area contributed by atoms with Crippen LogP contribution in [0.1, 0.15) is 40.1 Å². The van der Waals surface area contributed by atoms with E-state index in [1.807, 2.05) is 13.8 Å². The van der Waals surface area contributed by atoms with Crippen LogP contribution in [0.2, 0.25) is 5.02 Å². The van der Waals surface area contributed by atoms with E-state index in [0.29, 0.717) is 35.4 Å². The van der Waals surface area contributed by atoms with Crippen LogP contribution in [0, 0.1) is 0 Å². The van der Waals surface area contributed by atoms with Crippen LogP contribution in [0.5, 0.6) is 5.75 Å². The molecule has 1 aliphatic heterocycles. The fourth-order valence-electron chi connectivity index (χ4n) is 2.19. The molecule has 1 N–H and O–H groups in total. The maximum absolute atomic E-state index is 12.0. The summed E-state index contributed by atoms with van der Waals surface area (Å²) in [6.45, 7) is 4.15. The maximum Gasteiger partial charge on any atom is 0.338 e. The molecule has 6 heteroatoms. The summed E-state index contributed by atoms with van der Waals surface area (Å²) in [6, 6.07) is 1.55. The second kappa shape index (κ2) is 5.71. The van der Waals surface area contributed by atoms with E-state index in [0.717, 1.165) is 0 Å². The topological polar surface area (TPSA) is 64.6 Å². The molecule has 0 atom stereocenters. The third kappa shape index (κ3) is 2.58. The average Bonchev–Trinajstić information content (AvgIpc) is 2.40. The number of halogens is 1. The summed E-state index contributed by atoms with van der Waals surface area (Å²) in [4.78, 5) is 23.9. The zero-order chi connectivity index (χ0) is 14.9. The number of amides is 1. The number of benzene rings is 1. The number of hydrogen-bond donors (Lipinski definition) is 1. The summed E-state index contributed by atoms with van der Waals surface area (Å²) in [5, 5.41) is 2.95. The monoisotopic (exact) mass is 297 g/mol. The number of fused-ring (bicyclic) bond motifs is 1. The highest BCUT2D eigenvalue weighted by Crippen LogP contribution is 2.36. The SMILES string of the molecule is COC(=O)c1cc(OC(C)C)c(Cl)c2c1CCNC2=O. The van der Waals surface area contributed by atoms with Gasteiger partial charge in [-0.3, -0.25) is 4.79 Å². The fourth-order valence-corrected chi connectivity index (χ4v) is 2.49. The molecule has 1 aliphatic rings. The van der Waals surface area contributed by atoms with Gasteiger partial charge in [0.2, 0.25) is 0 Å². The lowest BCUT2D eigenvalue weighted by Gasteiger charge is -2.22. The van der Waals surface area contributed by atoms with Gasteiger partial charge in [0, 0.05) is 6.54 Å². The van der Waals surface area contributed by atoms with E-state index in [2.05, 4.69) is 5.32 Å². The van der Waals surface area contributed by atoms with E-state index < -0.39 is 5.97 Å². The van der Waals surface area contributed by atoms with Gasteiger partial charge in [-0.25, -0.2) is 4.79 Å². The van der Waals surface area contributed by atoms with Crippen molar-refractivity contribution in [2.45, 2.75) is 26.4 Å². The van der Waals surface area contributed by atoms with Crippen LogP contribution in [0.3, 0.4) is 0 Å². The van der Waals surface area contributed by atoms with Gasteiger partial charge in [0.15, 0.2) is 0 Å². The lowest BCUT2D eigenvalue weighted by Crippen LogP contribution is -2.33. The van der Waals surface area contributed by atoms with Gasteiger partial charge in [0.1, 0.15) is 5.75 Å². The summed E-state index contributed by atoms with van der Waals surface area (Å²) in [7, 11) is 1.30. The molecule has 1 aromatic carbocycles. The van der Waals surface area contributed by atoms with Crippen molar-refractivity contribution in [1.29, 1.82) is 0 Å². The number of ether oxygens (including phenoxy) is 2. The molecule has 2 rings (SSSR count). The van der Waals surface area contributed by atoms with E-state index in [-0.39, 0.29) is 17.0 Å². The Bertz CT molecular complexity index is 569. The van der Waals surface area contributed by atoms with Crippen LogP contribution < -0.4 is 10.1 Å². The highest BCUT2D eigenvalue weighted by molar-refractivity contribution is 6.36. The van der Waals surface area contributed by atoms with E-state index >= 15 is 0 Å². The predicted molar refractivity (Wildman–Crippen MR) is 74.6 cm³/mol. The van der Waals surface area contributed by atoms with Crippen molar-refractivity contribution in [2.75, 3.05) is 13.7 Å². The molecule has 1 amide bonds. The van der Waals surface area contributed by atoms with Crippen molar-refractivity contribution in [2.24, 2.45) is 0 Å². The Morgan fingerprint density at radius 1 is 1.45 bits per heavy atom. The van der Waals surface area contributed by atoms with Crippen LogP contribution in [0.4, 0.5) is 0 Å². The van der Waals surface area contributed by atoms with Crippen LogP contribution in [0.15, 0.2) is 6.07 Å². The quantitative estimate of drug-likeness (QED) is 0.869. The summed E-state index contributed by atoms with van der Waals surface area (Å²) >= 11 is 6.25. The number of rotatable bonds is 3. The van der Waals surface area contributed by atoms with Crippen LogP contribution >= 0.6 is 11.6 Å². The van der Waals surface area contributed by atoms with Gasteiger partial charge in [0.25, 0.3) is 5.91 Å². The molecule has 0 bridgehead atoms. The standard InChI is InChI=1S/C14H16ClNO4/c1-7(2)20-10-6-9(14(18)19-3)8-4-5-16-13(17)11(8)12(10)15/h6-7H,4-5H2,1-3H3,(H,16,17). The number of carbonyl (C=O) groups is 2. The number of esters is 1. The number of methoxy groups -OCH3 is 1. The second-order valence-corrected chi connectivity index (χ2v) is 5.13. The Morgan fingerprint density at radius 3 is 2.75 bits per heavy atom. The first-order chi connectivity index (χ1) is 9.45. The van der Waals surface area contributed by atoms with Crippen LogP contribution in [-0.4, -0.2) is 31.6 Å². The largest absolute Gasteiger partial charge is 0.489 e. The van der Waals surface area contributed by atoms with Gasteiger partial charge in [-0.2, -0.15) is 0 Å². The van der Waals surface area contributed by atoms with Crippen molar-refractivity contribution < 1.29 is 19.1 Å². The summed E-state index contributed by atoms with van der Waals surface area (Å²) in [5.74, 6) is -0.477. The van der Waals surface area contributed by atoms with Gasteiger partial charge >= 0.3 is 5.97 Å². The number of carbonyl (C=O) groups excluding carboxylic acids is 2. The van der Waals surface area contributed by atoms with Gasteiger partial charge in [-0.1, -0.05) is 11.6 Å². The first-order valence-corrected chi connectivity index (χ1v) is 6.72. The van der Waals surface area contributed by atoms with E-state index in [9.17, 15) is 9.59 Å². The van der Waals surface area contributed by atoms with Gasteiger partial charge in [0.05, 0.1) is 29.4 Å². The molecule has 1 heterocycles. The third-order valence-corrected chi connectivity index (χ3v) is 3.37. The van der Waals surface area contributed by atoms with Crippen molar-refractivity contribution in [1.82, 2.24) is 5.32 Å². The molecular formula is C14H16ClNO4. The summed E-state index contributed by atoms with van der Waals surface area (Å²) in [6.07, 6.45) is 0.412. The molecular weight excluding hydrogens is 282 g/mol. The minimum Gasteiger partial charge on any atom is -0.489 e. The van der Waals surface area contributed by atoms with Crippen LogP contribution in [-0.2, 0) is 11.2 Å². The van der Waals surface area contributed by atoms with E-state index in [1.54, 1.807) is 6.07 Å². The fraction of sp³-hybridized carbons (Fsp3) is 0.429. The molecule has 0 unspecified atom stereocenters. The van der Waals surface area contributed by atoms with Crippen molar-refractivity contribution in [3.63, 3.8) is 0 Å². The van der Waals surface area contributed by atoms with Crippen molar-refractivity contribution in [3.8, 4) is 5.75 Å². The third-order valence-electron chi connectivity index (χ3n) is 2.99. The Balaban J connectivity index is 2.65. The highest BCUT2D eigenvalue weighted by Gasteiger charge is 2.28. The Hall–Kier alpha value is -1.75. The lowest BCUT2D eigenvalue weighted by molar-refractivity contribution is 0.0598. The van der Waals surface area contributed by atoms with E-state index in [4.69, 9.17) is 21.1 Å². The molecule has 108 valence electrons. The Kier molecular flexibility index (Phi) is 4.18. The zero-order valence-electron chi connectivity index (χ0n) is 11.6. The molecule has 0 spiro atoms. The normalized spacial score (nSPS) is 13.8. The second-order valence-electron chi connectivity index (χ2n) is 4.75.